The first-order chi connectivity index (χ1) is 14.5. The summed E-state index contributed by atoms with van der Waals surface area (Å²) in [4.78, 5) is 30.1. The number of rotatable bonds is 5. The highest BCUT2D eigenvalue weighted by atomic mass is 35.5. The molecule has 0 atom stereocenters. The van der Waals surface area contributed by atoms with Crippen LogP contribution in [-0.4, -0.2) is 18.4 Å². The van der Waals surface area contributed by atoms with Crippen molar-refractivity contribution in [3.63, 3.8) is 0 Å². The molecule has 0 radical (unpaired) electrons. The first-order valence-electron chi connectivity index (χ1n) is 9.48. The van der Waals surface area contributed by atoms with Gasteiger partial charge in [-0.25, -0.2) is 4.90 Å². The highest BCUT2D eigenvalue weighted by Crippen LogP contribution is 2.37. The lowest BCUT2D eigenvalue weighted by Gasteiger charge is -2.25. The molecule has 6 heteroatoms. The molecular weight excluding hydrogens is 419 g/mol. The fourth-order valence-corrected chi connectivity index (χ4v) is 3.88. The number of likely N-dealkylation sites (N-methyl/N-ethyl adjacent to an activating group) is 1. The Morgan fingerprint density at radius 1 is 0.800 bits per heavy atom. The summed E-state index contributed by atoms with van der Waals surface area (Å²) in [6.45, 7) is 2.46. The van der Waals surface area contributed by atoms with Gasteiger partial charge in [-0.05, 0) is 55.0 Å². The second kappa shape index (κ2) is 8.34. The van der Waals surface area contributed by atoms with Crippen molar-refractivity contribution in [2.24, 2.45) is 0 Å². The third kappa shape index (κ3) is 3.60. The molecule has 3 aromatic carbocycles. The van der Waals surface area contributed by atoms with Gasteiger partial charge in [0.1, 0.15) is 5.70 Å². The van der Waals surface area contributed by atoms with Crippen LogP contribution >= 0.6 is 23.2 Å². The summed E-state index contributed by atoms with van der Waals surface area (Å²) < 4.78 is 0. The lowest BCUT2D eigenvalue weighted by atomic mass is 10.0. The molecule has 0 unspecified atom stereocenters. The average molecular weight is 437 g/mol. The Balaban J connectivity index is 1.91. The molecule has 0 spiro atoms. The van der Waals surface area contributed by atoms with Gasteiger partial charge in [-0.15, -0.1) is 0 Å². The molecule has 2 amide bonds. The second-order valence-electron chi connectivity index (χ2n) is 6.74. The van der Waals surface area contributed by atoms with Gasteiger partial charge in [0.25, 0.3) is 11.8 Å². The van der Waals surface area contributed by atoms with E-state index in [1.54, 1.807) is 48.5 Å². The molecule has 3 aromatic rings. The number of para-hydroxylation sites is 1. The summed E-state index contributed by atoms with van der Waals surface area (Å²) in [5.41, 5.74) is 2.56. The average Bonchev–Trinajstić information content (AvgIpc) is 3.00. The maximum absolute atomic E-state index is 13.6. The molecule has 1 heterocycles. The third-order valence-electron chi connectivity index (χ3n) is 4.91. The van der Waals surface area contributed by atoms with Crippen LogP contribution in [0.3, 0.4) is 0 Å². The summed E-state index contributed by atoms with van der Waals surface area (Å²) in [5.74, 6) is -0.785. The SMILES string of the molecule is CCN(C1=C(c2ccc(Cl)cc2)C(=O)N(c2cccc(Cl)c2)C1=O)c1ccccc1. The van der Waals surface area contributed by atoms with Gasteiger partial charge >= 0.3 is 0 Å². The van der Waals surface area contributed by atoms with Crippen molar-refractivity contribution in [2.45, 2.75) is 6.92 Å². The number of amides is 2. The largest absolute Gasteiger partial charge is 0.337 e. The molecule has 0 saturated heterocycles. The zero-order valence-electron chi connectivity index (χ0n) is 16.2. The molecule has 0 aliphatic carbocycles. The maximum Gasteiger partial charge on any atom is 0.282 e. The molecule has 0 N–H and O–H groups in total. The van der Waals surface area contributed by atoms with E-state index in [1.165, 1.54) is 4.90 Å². The fourth-order valence-electron chi connectivity index (χ4n) is 3.57. The van der Waals surface area contributed by atoms with Crippen molar-refractivity contribution in [1.82, 2.24) is 0 Å². The number of anilines is 2. The van der Waals surface area contributed by atoms with Gasteiger partial charge in [-0.2, -0.15) is 0 Å². The number of carbonyl (C=O) groups is 2. The van der Waals surface area contributed by atoms with Gasteiger partial charge in [0.15, 0.2) is 0 Å². The Hall–Kier alpha value is -3.08. The molecular formula is C24H18Cl2N2O2. The quantitative estimate of drug-likeness (QED) is 0.474. The van der Waals surface area contributed by atoms with Crippen LogP contribution in [0.4, 0.5) is 11.4 Å². The van der Waals surface area contributed by atoms with Crippen molar-refractivity contribution in [3.8, 4) is 0 Å². The Kier molecular flexibility index (Phi) is 5.62. The molecule has 1 aliphatic rings. The van der Waals surface area contributed by atoms with E-state index in [0.717, 1.165) is 5.69 Å². The van der Waals surface area contributed by atoms with Crippen LogP contribution < -0.4 is 9.80 Å². The monoisotopic (exact) mass is 436 g/mol. The van der Waals surface area contributed by atoms with E-state index in [0.29, 0.717) is 39.1 Å². The summed E-state index contributed by atoms with van der Waals surface area (Å²) in [6.07, 6.45) is 0. The van der Waals surface area contributed by atoms with Gasteiger partial charge in [0.05, 0.1) is 11.3 Å². The standard InChI is InChI=1S/C24H18Cl2N2O2/c1-2-27(19-8-4-3-5-9-19)22-21(16-11-13-17(25)14-12-16)23(29)28(24(22)30)20-10-6-7-18(26)15-20/h3-15H,2H2,1H3. The number of hydrogen-bond acceptors (Lipinski definition) is 3. The number of imide groups is 1. The number of benzene rings is 3. The molecule has 0 bridgehead atoms. The van der Waals surface area contributed by atoms with Crippen molar-refractivity contribution in [3.05, 3.63) is 100 Å². The van der Waals surface area contributed by atoms with Crippen molar-refractivity contribution in [2.75, 3.05) is 16.3 Å². The fraction of sp³-hybridized carbons (Fsp3) is 0.0833. The molecule has 4 rings (SSSR count). The zero-order chi connectivity index (χ0) is 21.3. The van der Waals surface area contributed by atoms with Crippen LogP contribution in [0.15, 0.2) is 84.6 Å². The van der Waals surface area contributed by atoms with E-state index < -0.39 is 11.8 Å². The first kappa shape index (κ1) is 20.2. The van der Waals surface area contributed by atoms with Gasteiger partial charge in [-0.1, -0.05) is 59.6 Å². The molecule has 4 nitrogen and oxygen atoms in total. The van der Waals surface area contributed by atoms with Crippen LogP contribution in [-0.2, 0) is 9.59 Å². The highest BCUT2D eigenvalue weighted by Gasteiger charge is 2.42. The predicted molar refractivity (Wildman–Crippen MR) is 122 cm³/mol. The van der Waals surface area contributed by atoms with E-state index in [-0.39, 0.29) is 0 Å². The van der Waals surface area contributed by atoms with E-state index in [2.05, 4.69) is 0 Å². The molecule has 150 valence electrons. The maximum atomic E-state index is 13.6. The lowest BCUT2D eigenvalue weighted by molar-refractivity contribution is -0.120. The molecule has 30 heavy (non-hydrogen) atoms. The van der Waals surface area contributed by atoms with Gasteiger partial charge in [0, 0.05) is 22.3 Å². The molecule has 0 saturated carbocycles. The number of halogens is 2. The number of hydrogen-bond donors (Lipinski definition) is 0. The third-order valence-corrected chi connectivity index (χ3v) is 5.40. The normalized spacial score (nSPS) is 13.9. The second-order valence-corrected chi connectivity index (χ2v) is 7.61. The number of carbonyl (C=O) groups excluding carboxylic acids is 2. The number of nitrogens with zero attached hydrogens (tertiary/aromatic N) is 2. The van der Waals surface area contributed by atoms with Gasteiger partial charge < -0.3 is 4.90 Å². The van der Waals surface area contributed by atoms with Crippen LogP contribution in [0.25, 0.3) is 5.57 Å². The topological polar surface area (TPSA) is 40.6 Å². The minimum Gasteiger partial charge on any atom is -0.337 e. The predicted octanol–water partition coefficient (Wildman–Crippen LogP) is 5.80. The van der Waals surface area contributed by atoms with Crippen LogP contribution in [0.5, 0.6) is 0 Å². The Morgan fingerprint density at radius 2 is 1.50 bits per heavy atom. The van der Waals surface area contributed by atoms with Gasteiger partial charge in [0.2, 0.25) is 0 Å². The van der Waals surface area contributed by atoms with E-state index >= 15 is 0 Å². The van der Waals surface area contributed by atoms with Gasteiger partial charge in [-0.3, -0.25) is 9.59 Å². The zero-order valence-corrected chi connectivity index (χ0v) is 17.7. The Bertz CT molecular complexity index is 1140. The Labute approximate surface area is 184 Å². The summed E-state index contributed by atoms with van der Waals surface area (Å²) in [5, 5.41) is 1.00. The van der Waals surface area contributed by atoms with E-state index in [1.807, 2.05) is 42.2 Å². The van der Waals surface area contributed by atoms with Crippen molar-refractivity contribution in [1.29, 1.82) is 0 Å². The lowest BCUT2D eigenvalue weighted by Crippen LogP contribution is -2.35. The molecule has 0 fully saturated rings. The van der Waals surface area contributed by atoms with E-state index in [9.17, 15) is 9.59 Å². The minimum absolute atomic E-state index is 0.330. The summed E-state index contributed by atoms with van der Waals surface area (Å²) >= 11 is 12.2. The molecule has 0 aromatic heterocycles. The van der Waals surface area contributed by atoms with Crippen LogP contribution in [0, 0.1) is 0 Å². The summed E-state index contributed by atoms with van der Waals surface area (Å²) in [6, 6.07) is 23.2. The minimum atomic E-state index is -0.394. The Morgan fingerprint density at radius 3 is 2.13 bits per heavy atom. The molecule has 1 aliphatic heterocycles. The van der Waals surface area contributed by atoms with Crippen LogP contribution in [0.1, 0.15) is 12.5 Å². The van der Waals surface area contributed by atoms with Crippen molar-refractivity contribution >= 4 is 52.0 Å². The van der Waals surface area contributed by atoms with Crippen LogP contribution in [0.2, 0.25) is 10.0 Å². The first-order valence-corrected chi connectivity index (χ1v) is 10.2. The summed E-state index contributed by atoms with van der Waals surface area (Å²) in [7, 11) is 0. The van der Waals surface area contributed by atoms with Crippen molar-refractivity contribution < 1.29 is 9.59 Å². The highest BCUT2D eigenvalue weighted by molar-refractivity contribution is 6.46. The van der Waals surface area contributed by atoms with E-state index in [4.69, 9.17) is 23.2 Å². The smallest absolute Gasteiger partial charge is 0.282 e.